The molecule has 0 atom stereocenters. The fraction of sp³-hybridized carbons (Fsp3) is 0.800. The van der Waals surface area contributed by atoms with Crippen molar-refractivity contribution in [2.24, 2.45) is 5.92 Å². The highest BCUT2D eigenvalue weighted by Crippen LogP contribution is 2.10. The Bertz CT molecular complexity index is 117. The summed E-state index contributed by atoms with van der Waals surface area (Å²) in [6, 6.07) is 0. The molecule has 0 radical (unpaired) electrons. The number of allylic oxidation sites excluding steroid dienone is 2. The molecule has 0 aliphatic heterocycles. The molecule has 1 nitrogen and oxygen atoms in total. The summed E-state index contributed by atoms with van der Waals surface area (Å²) in [4.78, 5) is 0. The average molecular weight is 156 g/mol. The van der Waals surface area contributed by atoms with Crippen LogP contribution in [0.15, 0.2) is 12.2 Å². The van der Waals surface area contributed by atoms with E-state index in [1.165, 1.54) is 0 Å². The zero-order valence-electron chi connectivity index (χ0n) is 8.09. The van der Waals surface area contributed by atoms with Crippen LogP contribution in [0.5, 0.6) is 0 Å². The van der Waals surface area contributed by atoms with Gasteiger partial charge in [-0.25, -0.2) is 0 Å². The Kier molecular flexibility index (Phi) is 4.43. The first kappa shape index (κ1) is 10.7. The van der Waals surface area contributed by atoms with Gasteiger partial charge >= 0.3 is 0 Å². The molecule has 0 aromatic carbocycles. The molecular formula is C10H20O. The van der Waals surface area contributed by atoms with Crippen molar-refractivity contribution in [3.8, 4) is 0 Å². The number of aliphatic hydroxyl groups is 1. The van der Waals surface area contributed by atoms with Gasteiger partial charge in [0.05, 0.1) is 5.60 Å². The fourth-order valence-corrected chi connectivity index (χ4v) is 0.805. The molecule has 0 aromatic heterocycles. The van der Waals surface area contributed by atoms with E-state index < -0.39 is 5.60 Å². The molecule has 0 bridgehead atoms. The van der Waals surface area contributed by atoms with Crippen molar-refractivity contribution in [2.45, 2.75) is 46.1 Å². The van der Waals surface area contributed by atoms with Gasteiger partial charge < -0.3 is 5.11 Å². The summed E-state index contributed by atoms with van der Waals surface area (Å²) < 4.78 is 0. The summed E-state index contributed by atoms with van der Waals surface area (Å²) in [6.07, 6.45) is 6.13. The zero-order chi connectivity index (χ0) is 8.91. The third-order valence-electron chi connectivity index (χ3n) is 1.44. The Morgan fingerprint density at radius 2 is 1.91 bits per heavy atom. The molecule has 0 aromatic rings. The molecule has 1 heteroatoms. The first-order chi connectivity index (χ1) is 4.92. The van der Waals surface area contributed by atoms with Crippen molar-refractivity contribution in [3.05, 3.63) is 12.2 Å². The highest BCUT2D eigenvalue weighted by Gasteiger charge is 2.09. The molecule has 0 aliphatic rings. The normalized spacial score (nSPS) is 13.3. The second-order valence-corrected chi connectivity index (χ2v) is 4.02. The minimum absolute atomic E-state index is 0.513. The molecule has 0 amide bonds. The minimum atomic E-state index is -0.513. The number of hydrogen-bond donors (Lipinski definition) is 1. The predicted molar refractivity (Wildman–Crippen MR) is 49.5 cm³/mol. The first-order valence-electron chi connectivity index (χ1n) is 4.31. The summed E-state index contributed by atoms with van der Waals surface area (Å²) >= 11 is 0. The summed E-state index contributed by atoms with van der Waals surface area (Å²) in [5.41, 5.74) is -0.513. The average Bonchev–Trinajstić information content (AvgIpc) is 1.78. The molecule has 0 saturated carbocycles. The largest absolute Gasteiger partial charge is 0.390 e. The smallest absolute Gasteiger partial charge is 0.0594 e. The lowest BCUT2D eigenvalue weighted by Crippen LogP contribution is -2.17. The van der Waals surface area contributed by atoms with E-state index in [9.17, 15) is 5.11 Å². The van der Waals surface area contributed by atoms with Gasteiger partial charge in [-0.05, 0) is 32.6 Å². The van der Waals surface area contributed by atoms with Crippen LogP contribution in [0.1, 0.15) is 40.5 Å². The van der Waals surface area contributed by atoms with E-state index in [0.29, 0.717) is 5.92 Å². The summed E-state index contributed by atoms with van der Waals surface area (Å²) in [5, 5.41) is 9.35. The van der Waals surface area contributed by atoms with Gasteiger partial charge in [-0.1, -0.05) is 26.0 Å². The van der Waals surface area contributed by atoms with Gasteiger partial charge in [0.15, 0.2) is 0 Å². The highest BCUT2D eigenvalue weighted by atomic mass is 16.3. The molecule has 11 heavy (non-hydrogen) atoms. The quantitative estimate of drug-likeness (QED) is 0.620. The Balaban J connectivity index is 3.42. The van der Waals surface area contributed by atoms with Crippen LogP contribution in [0.4, 0.5) is 0 Å². The van der Waals surface area contributed by atoms with E-state index in [4.69, 9.17) is 0 Å². The van der Waals surface area contributed by atoms with Crippen molar-refractivity contribution >= 4 is 0 Å². The van der Waals surface area contributed by atoms with Crippen LogP contribution >= 0.6 is 0 Å². The zero-order valence-corrected chi connectivity index (χ0v) is 8.09. The van der Waals surface area contributed by atoms with E-state index in [2.05, 4.69) is 26.0 Å². The topological polar surface area (TPSA) is 20.2 Å². The van der Waals surface area contributed by atoms with Crippen LogP contribution in [0.3, 0.4) is 0 Å². The van der Waals surface area contributed by atoms with E-state index >= 15 is 0 Å². The molecular weight excluding hydrogens is 136 g/mol. The molecule has 1 N–H and O–H groups in total. The monoisotopic (exact) mass is 156 g/mol. The lowest BCUT2D eigenvalue weighted by Gasteiger charge is -2.14. The van der Waals surface area contributed by atoms with Crippen molar-refractivity contribution in [2.75, 3.05) is 0 Å². The van der Waals surface area contributed by atoms with Crippen molar-refractivity contribution < 1.29 is 5.11 Å². The van der Waals surface area contributed by atoms with Crippen LogP contribution in [-0.4, -0.2) is 10.7 Å². The number of rotatable bonds is 4. The Hall–Kier alpha value is -0.300. The van der Waals surface area contributed by atoms with Gasteiger partial charge in [0, 0.05) is 0 Å². The molecule has 0 fully saturated rings. The predicted octanol–water partition coefficient (Wildman–Crippen LogP) is 2.75. The second-order valence-electron chi connectivity index (χ2n) is 4.02. The SMILES string of the molecule is CC(C)C=CCCC(C)(C)O. The summed E-state index contributed by atoms with van der Waals surface area (Å²) in [6.45, 7) is 7.99. The molecule has 0 rings (SSSR count). The van der Waals surface area contributed by atoms with Crippen molar-refractivity contribution in [1.29, 1.82) is 0 Å². The maximum Gasteiger partial charge on any atom is 0.0594 e. The fourth-order valence-electron chi connectivity index (χ4n) is 0.805. The van der Waals surface area contributed by atoms with Gasteiger partial charge in [0.1, 0.15) is 0 Å². The Labute approximate surface area is 70.1 Å². The van der Waals surface area contributed by atoms with E-state index in [-0.39, 0.29) is 0 Å². The van der Waals surface area contributed by atoms with Gasteiger partial charge in [-0.3, -0.25) is 0 Å². The maximum absolute atomic E-state index is 9.35. The standard InChI is InChI=1S/C10H20O/c1-9(2)7-5-6-8-10(3,4)11/h5,7,9,11H,6,8H2,1-4H3. The summed E-state index contributed by atoms with van der Waals surface area (Å²) in [5.74, 6) is 0.622. The van der Waals surface area contributed by atoms with E-state index in [0.717, 1.165) is 12.8 Å². The lowest BCUT2D eigenvalue weighted by atomic mass is 10.0. The summed E-state index contributed by atoms with van der Waals surface area (Å²) in [7, 11) is 0. The first-order valence-corrected chi connectivity index (χ1v) is 4.31. The van der Waals surface area contributed by atoms with Crippen molar-refractivity contribution in [1.82, 2.24) is 0 Å². The van der Waals surface area contributed by atoms with Crippen LogP contribution in [0.25, 0.3) is 0 Å². The molecule has 0 heterocycles. The third kappa shape index (κ3) is 9.70. The second kappa shape index (κ2) is 4.55. The molecule has 0 saturated heterocycles. The Morgan fingerprint density at radius 3 is 2.27 bits per heavy atom. The van der Waals surface area contributed by atoms with Gasteiger partial charge in [-0.2, -0.15) is 0 Å². The van der Waals surface area contributed by atoms with Crippen LogP contribution in [0, 0.1) is 5.92 Å². The van der Waals surface area contributed by atoms with Gasteiger partial charge in [-0.15, -0.1) is 0 Å². The molecule has 66 valence electrons. The highest BCUT2D eigenvalue weighted by molar-refractivity contribution is 4.85. The molecule has 0 aliphatic carbocycles. The molecule has 0 unspecified atom stereocenters. The lowest BCUT2D eigenvalue weighted by molar-refractivity contribution is 0.0721. The van der Waals surface area contributed by atoms with E-state index in [1.807, 2.05) is 13.8 Å². The maximum atomic E-state index is 9.35. The molecule has 0 spiro atoms. The van der Waals surface area contributed by atoms with Crippen LogP contribution in [-0.2, 0) is 0 Å². The van der Waals surface area contributed by atoms with Gasteiger partial charge in [0.25, 0.3) is 0 Å². The van der Waals surface area contributed by atoms with E-state index in [1.54, 1.807) is 0 Å². The van der Waals surface area contributed by atoms with Crippen LogP contribution < -0.4 is 0 Å². The Morgan fingerprint density at radius 1 is 1.36 bits per heavy atom. The third-order valence-corrected chi connectivity index (χ3v) is 1.44. The van der Waals surface area contributed by atoms with Gasteiger partial charge in [0.2, 0.25) is 0 Å². The van der Waals surface area contributed by atoms with Crippen molar-refractivity contribution in [3.63, 3.8) is 0 Å². The number of hydrogen-bond acceptors (Lipinski definition) is 1. The van der Waals surface area contributed by atoms with Crippen LogP contribution in [0.2, 0.25) is 0 Å². The minimum Gasteiger partial charge on any atom is -0.390 e.